The Balaban J connectivity index is 1.62. The van der Waals surface area contributed by atoms with E-state index in [1.54, 1.807) is 24.3 Å². The normalized spacial score (nSPS) is 21.0. The van der Waals surface area contributed by atoms with Crippen LogP contribution in [-0.2, 0) is 20.9 Å². The number of amides is 2. The lowest BCUT2D eigenvalue weighted by atomic mass is 10.2. The number of alkyl carbamates (subject to hydrolysis) is 1. The molecule has 1 aromatic carbocycles. The fraction of sp³-hybridized carbons (Fsp3) is 0.400. The van der Waals surface area contributed by atoms with Gasteiger partial charge in [-0.2, -0.15) is 0 Å². The first-order valence-corrected chi connectivity index (χ1v) is 9.86. The molecule has 12 nitrogen and oxygen atoms in total. The fourth-order valence-electron chi connectivity index (χ4n) is 3.09. The quantitative estimate of drug-likeness (QED) is 0.375. The number of hydrogen-bond acceptors (Lipinski definition) is 8. The summed E-state index contributed by atoms with van der Waals surface area (Å²) < 4.78 is 11.5. The second-order valence-corrected chi connectivity index (χ2v) is 7.24. The number of rotatable bonds is 7. The summed E-state index contributed by atoms with van der Waals surface area (Å²) >= 11 is 0. The Morgan fingerprint density at radius 2 is 2.03 bits per heavy atom. The summed E-state index contributed by atoms with van der Waals surface area (Å²) in [7, 11) is 0. The molecule has 1 fully saturated rings. The third-order valence-corrected chi connectivity index (χ3v) is 4.86. The lowest BCUT2D eigenvalue weighted by Crippen LogP contribution is -2.43. The third-order valence-electron chi connectivity index (χ3n) is 4.86. The topological polar surface area (TPSA) is 172 Å². The van der Waals surface area contributed by atoms with Crippen molar-refractivity contribution in [2.24, 2.45) is 0 Å². The van der Waals surface area contributed by atoms with Gasteiger partial charge in [0.1, 0.15) is 30.7 Å². The van der Waals surface area contributed by atoms with Crippen molar-refractivity contribution in [3.05, 3.63) is 62.9 Å². The number of hydrogen-bond donors (Lipinski definition) is 5. The van der Waals surface area contributed by atoms with Gasteiger partial charge in [-0.25, -0.2) is 9.59 Å². The molecule has 1 aromatic heterocycles. The van der Waals surface area contributed by atoms with Crippen LogP contribution in [0.5, 0.6) is 0 Å². The highest BCUT2D eigenvalue weighted by molar-refractivity contribution is 5.95. The second kappa shape index (κ2) is 10.2. The zero-order valence-electron chi connectivity index (χ0n) is 17.2. The van der Waals surface area contributed by atoms with Gasteiger partial charge in [-0.05, 0) is 12.5 Å². The van der Waals surface area contributed by atoms with E-state index in [9.17, 15) is 29.4 Å². The number of aliphatic hydroxyl groups excluding tert-OH is 2. The number of nitrogens with zero attached hydrogens (tertiary/aromatic N) is 1. The van der Waals surface area contributed by atoms with Crippen molar-refractivity contribution in [3.8, 4) is 0 Å². The van der Waals surface area contributed by atoms with Gasteiger partial charge in [0.15, 0.2) is 0 Å². The number of nitrogens with one attached hydrogen (secondary N) is 3. The van der Waals surface area contributed by atoms with Crippen molar-refractivity contribution in [2.75, 3.05) is 11.9 Å². The highest BCUT2D eigenvalue weighted by Crippen LogP contribution is 2.27. The Morgan fingerprint density at radius 1 is 1.31 bits per heavy atom. The molecule has 1 saturated heterocycles. The Bertz CT molecular complexity index is 1070. The van der Waals surface area contributed by atoms with Crippen LogP contribution >= 0.6 is 0 Å². The standard InChI is InChI=1S/C20H24N4O8/c1-11(21-20(30)31-10-12-5-3-2-4-6-12)17(27)22-13-8-24(19(29)23-18(13)28)16-7-14(26)15(9-25)32-16/h2-6,8,11,14-16,25-26H,7,9-10H2,1H3,(H,21,30)(H,22,27)(H,23,28,29)/t11-,14-,15+,16+/m0/s1. The first-order valence-electron chi connectivity index (χ1n) is 9.86. The molecule has 2 amide bonds. The Kier molecular flexibility index (Phi) is 7.41. The SMILES string of the molecule is C[C@H](NC(=O)OCc1ccccc1)C(=O)Nc1cn([C@H]2C[C@H](O)[C@@H](CO)O2)c(=O)[nH]c1=O. The largest absolute Gasteiger partial charge is 0.445 e. The lowest BCUT2D eigenvalue weighted by Gasteiger charge is -2.17. The van der Waals surface area contributed by atoms with Gasteiger partial charge in [-0.1, -0.05) is 30.3 Å². The first kappa shape index (κ1) is 23.2. The van der Waals surface area contributed by atoms with Crippen molar-refractivity contribution >= 4 is 17.7 Å². The van der Waals surface area contributed by atoms with Gasteiger partial charge >= 0.3 is 11.8 Å². The van der Waals surface area contributed by atoms with E-state index < -0.39 is 54.3 Å². The molecule has 0 radical (unpaired) electrons. The van der Waals surface area contributed by atoms with Crippen LogP contribution in [0.3, 0.4) is 0 Å². The number of aliphatic hydroxyl groups is 2. The summed E-state index contributed by atoms with van der Waals surface area (Å²) in [5.41, 5.74) is -1.14. The molecule has 0 spiro atoms. The number of ether oxygens (including phenoxy) is 2. The lowest BCUT2D eigenvalue weighted by molar-refractivity contribution is -0.117. The van der Waals surface area contributed by atoms with Crippen molar-refractivity contribution in [2.45, 2.75) is 44.4 Å². The van der Waals surface area contributed by atoms with Crippen LogP contribution in [-0.4, -0.2) is 56.6 Å². The summed E-state index contributed by atoms with van der Waals surface area (Å²) in [6.07, 6.45) is -2.53. The van der Waals surface area contributed by atoms with Gasteiger partial charge in [0.05, 0.1) is 12.7 Å². The Hall–Kier alpha value is -3.48. The molecule has 4 atom stereocenters. The third kappa shape index (κ3) is 5.60. The van der Waals surface area contributed by atoms with E-state index in [1.165, 1.54) is 6.92 Å². The molecule has 5 N–H and O–H groups in total. The molecule has 172 valence electrons. The highest BCUT2D eigenvalue weighted by Gasteiger charge is 2.35. The molecule has 1 aliphatic heterocycles. The maximum absolute atomic E-state index is 12.4. The number of aromatic amines is 1. The van der Waals surface area contributed by atoms with E-state index in [1.807, 2.05) is 6.07 Å². The minimum absolute atomic E-state index is 0.00970. The van der Waals surface area contributed by atoms with Crippen molar-refractivity contribution in [1.29, 1.82) is 0 Å². The molecular formula is C20H24N4O8. The van der Waals surface area contributed by atoms with Crippen LogP contribution < -0.4 is 21.9 Å². The monoisotopic (exact) mass is 448 g/mol. The summed E-state index contributed by atoms with van der Waals surface area (Å²) in [5.74, 6) is -0.724. The van der Waals surface area contributed by atoms with Gasteiger partial charge in [0, 0.05) is 12.6 Å². The van der Waals surface area contributed by atoms with Crippen molar-refractivity contribution < 1.29 is 29.3 Å². The number of benzene rings is 1. The van der Waals surface area contributed by atoms with Gasteiger partial charge in [0.25, 0.3) is 5.56 Å². The van der Waals surface area contributed by atoms with Crippen LogP contribution in [0.1, 0.15) is 25.1 Å². The molecule has 2 heterocycles. The molecular weight excluding hydrogens is 424 g/mol. The van der Waals surface area contributed by atoms with Crippen molar-refractivity contribution in [1.82, 2.24) is 14.9 Å². The van der Waals surface area contributed by atoms with Crippen LogP contribution in [0.4, 0.5) is 10.5 Å². The summed E-state index contributed by atoms with van der Waals surface area (Å²) in [4.78, 5) is 50.6. The van der Waals surface area contributed by atoms with Gasteiger partial charge in [0.2, 0.25) is 5.91 Å². The average molecular weight is 448 g/mol. The number of carbonyl (C=O) groups is 2. The predicted molar refractivity (Wildman–Crippen MR) is 111 cm³/mol. The number of aromatic nitrogens is 2. The van der Waals surface area contributed by atoms with E-state index >= 15 is 0 Å². The van der Waals surface area contributed by atoms with Gasteiger partial charge < -0.3 is 30.3 Å². The smallest absolute Gasteiger partial charge is 0.408 e. The van der Waals surface area contributed by atoms with E-state index in [2.05, 4.69) is 15.6 Å². The van der Waals surface area contributed by atoms with Gasteiger partial charge in [-0.15, -0.1) is 0 Å². The van der Waals surface area contributed by atoms with Gasteiger partial charge in [-0.3, -0.25) is 19.1 Å². The minimum atomic E-state index is -1.05. The molecule has 0 unspecified atom stereocenters. The van der Waals surface area contributed by atoms with E-state index in [4.69, 9.17) is 9.47 Å². The Labute approximate surface area is 181 Å². The minimum Gasteiger partial charge on any atom is -0.445 e. The summed E-state index contributed by atoms with van der Waals surface area (Å²) in [6, 6.07) is 7.92. The average Bonchev–Trinajstić information content (AvgIpc) is 3.15. The Morgan fingerprint density at radius 3 is 2.69 bits per heavy atom. The molecule has 0 bridgehead atoms. The predicted octanol–water partition coefficient (Wildman–Crippen LogP) is -0.569. The van der Waals surface area contributed by atoms with Crippen LogP contribution in [0.15, 0.2) is 46.1 Å². The first-order chi connectivity index (χ1) is 15.3. The second-order valence-electron chi connectivity index (χ2n) is 7.24. The summed E-state index contributed by atoms with van der Waals surface area (Å²) in [6.45, 7) is 0.974. The van der Waals surface area contributed by atoms with E-state index in [-0.39, 0.29) is 18.7 Å². The number of carbonyl (C=O) groups excluding carboxylic acids is 2. The van der Waals surface area contributed by atoms with E-state index in [0.717, 1.165) is 16.3 Å². The number of H-pyrrole nitrogens is 1. The zero-order chi connectivity index (χ0) is 23.3. The molecule has 0 saturated carbocycles. The van der Waals surface area contributed by atoms with Crippen LogP contribution in [0.2, 0.25) is 0 Å². The summed E-state index contributed by atoms with van der Waals surface area (Å²) in [5, 5.41) is 23.7. The molecule has 12 heteroatoms. The number of anilines is 1. The van der Waals surface area contributed by atoms with Crippen LogP contribution in [0, 0.1) is 0 Å². The van der Waals surface area contributed by atoms with Crippen LogP contribution in [0.25, 0.3) is 0 Å². The van der Waals surface area contributed by atoms with Crippen molar-refractivity contribution in [3.63, 3.8) is 0 Å². The molecule has 32 heavy (non-hydrogen) atoms. The zero-order valence-corrected chi connectivity index (χ0v) is 17.2. The highest BCUT2D eigenvalue weighted by atomic mass is 16.6. The maximum atomic E-state index is 12.4. The maximum Gasteiger partial charge on any atom is 0.408 e. The van der Waals surface area contributed by atoms with E-state index in [0.29, 0.717) is 0 Å². The fourth-order valence-corrected chi connectivity index (χ4v) is 3.09. The molecule has 1 aliphatic rings. The molecule has 2 aromatic rings. The molecule has 3 rings (SSSR count). The molecule has 0 aliphatic carbocycles.